The first-order valence-electron chi connectivity index (χ1n) is 5.71. The van der Waals surface area contributed by atoms with Crippen LogP contribution in [0.4, 0.5) is 0 Å². The number of carbonyl (C=O) groups is 1. The third-order valence-corrected chi connectivity index (χ3v) is 2.46. The number of hydrogen-bond donors (Lipinski definition) is 2. The van der Waals surface area contributed by atoms with Gasteiger partial charge in [0, 0.05) is 26.7 Å². The Kier molecular flexibility index (Phi) is 6.29. The van der Waals surface area contributed by atoms with E-state index in [0.29, 0.717) is 26.0 Å². The molecule has 0 bridgehead atoms. The summed E-state index contributed by atoms with van der Waals surface area (Å²) in [5.41, 5.74) is 2.14. The summed E-state index contributed by atoms with van der Waals surface area (Å²) in [5, 5.41) is 11.4. The fraction of sp³-hybridized carbons (Fsp3) is 0.462. The molecule has 1 aromatic carbocycles. The van der Waals surface area contributed by atoms with Gasteiger partial charge < -0.3 is 15.2 Å². The molecular weight excluding hydrogens is 218 g/mol. The van der Waals surface area contributed by atoms with Crippen molar-refractivity contribution in [2.24, 2.45) is 0 Å². The lowest BCUT2D eigenvalue weighted by atomic mass is 10.1. The zero-order valence-electron chi connectivity index (χ0n) is 10.1. The number of methoxy groups -OCH3 is 1. The fourth-order valence-corrected chi connectivity index (χ4v) is 1.55. The van der Waals surface area contributed by atoms with E-state index in [1.54, 1.807) is 7.11 Å². The van der Waals surface area contributed by atoms with Gasteiger partial charge in [0.1, 0.15) is 0 Å². The predicted molar refractivity (Wildman–Crippen MR) is 65.3 cm³/mol. The Bertz CT molecular complexity index is 352. The molecule has 0 radical (unpaired) electrons. The van der Waals surface area contributed by atoms with E-state index >= 15 is 0 Å². The molecule has 0 aromatic heterocycles. The summed E-state index contributed by atoms with van der Waals surface area (Å²) in [6.07, 6.45) is 0.870. The minimum atomic E-state index is -0.0359. The molecule has 1 amide bonds. The monoisotopic (exact) mass is 237 g/mol. The van der Waals surface area contributed by atoms with Gasteiger partial charge in [0.05, 0.1) is 6.61 Å². The lowest BCUT2D eigenvalue weighted by molar-refractivity contribution is -0.121. The second-order valence-corrected chi connectivity index (χ2v) is 3.81. The standard InChI is InChI=1S/C13H19NO3/c1-17-10-12-6-3-2-5-11(12)9-14-13(16)7-4-8-15/h2-3,5-6,15H,4,7-10H2,1H3,(H,14,16). The van der Waals surface area contributed by atoms with Gasteiger partial charge in [0.15, 0.2) is 0 Å². The van der Waals surface area contributed by atoms with Crippen LogP contribution >= 0.6 is 0 Å². The summed E-state index contributed by atoms with van der Waals surface area (Å²) in [4.78, 5) is 11.4. The highest BCUT2D eigenvalue weighted by Crippen LogP contribution is 2.09. The van der Waals surface area contributed by atoms with Gasteiger partial charge in [-0.05, 0) is 17.5 Å². The van der Waals surface area contributed by atoms with Crippen LogP contribution in [0.25, 0.3) is 0 Å². The summed E-state index contributed by atoms with van der Waals surface area (Å²) in [6.45, 7) is 1.10. The summed E-state index contributed by atoms with van der Waals surface area (Å²) < 4.78 is 5.09. The minimum Gasteiger partial charge on any atom is -0.396 e. The summed E-state index contributed by atoms with van der Waals surface area (Å²) in [6, 6.07) is 7.85. The Morgan fingerprint density at radius 3 is 2.71 bits per heavy atom. The van der Waals surface area contributed by atoms with Crippen LogP contribution in [-0.2, 0) is 22.7 Å². The van der Waals surface area contributed by atoms with Gasteiger partial charge in [-0.1, -0.05) is 24.3 Å². The molecule has 17 heavy (non-hydrogen) atoms. The highest BCUT2D eigenvalue weighted by molar-refractivity contribution is 5.75. The molecule has 0 aliphatic carbocycles. The zero-order valence-corrected chi connectivity index (χ0v) is 10.1. The van der Waals surface area contributed by atoms with Gasteiger partial charge >= 0.3 is 0 Å². The molecule has 0 saturated carbocycles. The Morgan fingerprint density at radius 2 is 2.06 bits per heavy atom. The molecule has 0 unspecified atom stereocenters. The third kappa shape index (κ3) is 4.97. The number of benzene rings is 1. The smallest absolute Gasteiger partial charge is 0.220 e. The molecule has 0 aliphatic heterocycles. The fourth-order valence-electron chi connectivity index (χ4n) is 1.55. The van der Waals surface area contributed by atoms with Crippen LogP contribution in [0.15, 0.2) is 24.3 Å². The van der Waals surface area contributed by atoms with E-state index in [4.69, 9.17) is 9.84 Å². The Balaban J connectivity index is 2.47. The largest absolute Gasteiger partial charge is 0.396 e. The third-order valence-electron chi connectivity index (χ3n) is 2.46. The number of rotatable bonds is 7. The molecule has 0 saturated heterocycles. The summed E-state index contributed by atoms with van der Waals surface area (Å²) in [5.74, 6) is -0.0359. The summed E-state index contributed by atoms with van der Waals surface area (Å²) >= 11 is 0. The molecule has 0 aliphatic rings. The van der Waals surface area contributed by atoms with E-state index in [0.717, 1.165) is 11.1 Å². The van der Waals surface area contributed by atoms with Crippen molar-refractivity contribution in [3.8, 4) is 0 Å². The topological polar surface area (TPSA) is 58.6 Å². The number of aliphatic hydroxyl groups excluding tert-OH is 1. The van der Waals surface area contributed by atoms with E-state index in [2.05, 4.69) is 5.32 Å². The van der Waals surface area contributed by atoms with Crippen molar-refractivity contribution in [1.29, 1.82) is 0 Å². The first kappa shape index (κ1) is 13.7. The van der Waals surface area contributed by atoms with Crippen molar-refractivity contribution in [1.82, 2.24) is 5.32 Å². The molecule has 0 atom stereocenters. The number of amides is 1. The van der Waals surface area contributed by atoms with Crippen LogP contribution < -0.4 is 5.32 Å². The molecule has 1 aromatic rings. The quantitative estimate of drug-likeness (QED) is 0.749. The molecule has 4 heteroatoms. The SMILES string of the molecule is COCc1ccccc1CNC(=O)CCCO. The maximum absolute atomic E-state index is 11.4. The van der Waals surface area contributed by atoms with E-state index in [1.165, 1.54) is 0 Å². The van der Waals surface area contributed by atoms with Crippen molar-refractivity contribution < 1.29 is 14.6 Å². The minimum absolute atomic E-state index is 0.0359. The van der Waals surface area contributed by atoms with Gasteiger partial charge in [0.2, 0.25) is 5.91 Å². The van der Waals surface area contributed by atoms with Crippen LogP contribution in [0.3, 0.4) is 0 Å². The molecule has 0 fully saturated rings. The van der Waals surface area contributed by atoms with Crippen molar-refractivity contribution in [2.75, 3.05) is 13.7 Å². The van der Waals surface area contributed by atoms with Crippen molar-refractivity contribution in [3.63, 3.8) is 0 Å². The average Bonchev–Trinajstić information content (AvgIpc) is 2.35. The van der Waals surface area contributed by atoms with Crippen molar-refractivity contribution >= 4 is 5.91 Å². The molecular formula is C13H19NO3. The van der Waals surface area contributed by atoms with E-state index in [-0.39, 0.29) is 12.5 Å². The average molecular weight is 237 g/mol. The van der Waals surface area contributed by atoms with Crippen LogP contribution in [0.2, 0.25) is 0 Å². The van der Waals surface area contributed by atoms with Crippen LogP contribution in [0, 0.1) is 0 Å². The lowest BCUT2D eigenvalue weighted by Crippen LogP contribution is -2.23. The zero-order chi connectivity index (χ0) is 12.5. The molecule has 4 nitrogen and oxygen atoms in total. The molecule has 94 valence electrons. The maximum atomic E-state index is 11.4. The van der Waals surface area contributed by atoms with Crippen molar-refractivity contribution in [2.45, 2.75) is 26.0 Å². The molecule has 0 heterocycles. The van der Waals surface area contributed by atoms with Crippen LogP contribution in [0.1, 0.15) is 24.0 Å². The number of hydrogen-bond acceptors (Lipinski definition) is 3. The second-order valence-electron chi connectivity index (χ2n) is 3.81. The highest BCUT2D eigenvalue weighted by Gasteiger charge is 2.04. The number of aliphatic hydroxyl groups is 1. The summed E-state index contributed by atoms with van der Waals surface area (Å²) in [7, 11) is 1.65. The Morgan fingerprint density at radius 1 is 1.35 bits per heavy atom. The number of ether oxygens (including phenoxy) is 1. The van der Waals surface area contributed by atoms with Crippen LogP contribution in [-0.4, -0.2) is 24.7 Å². The lowest BCUT2D eigenvalue weighted by Gasteiger charge is -2.09. The van der Waals surface area contributed by atoms with E-state index in [1.807, 2.05) is 24.3 Å². The maximum Gasteiger partial charge on any atom is 0.220 e. The highest BCUT2D eigenvalue weighted by atomic mass is 16.5. The van der Waals surface area contributed by atoms with Gasteiger partial charge in [-0.25, -0.2) is 0 Å². The van der Waals surface area contributed by atoms with Crippen LogP contribution in [0.5, 0.6) is 0 Å². The molecule has 0 spiro atoms. The van der Waals surface area contributed by atoms with Gasteiger partial charge in [0.25, 0.3) is 0 Å². The Hall–Kier alpha value is -1.39. The van der Waals surface area contributed by atoms with E-state index in [9.17, 15) is 4.79 Å². The van der Waals surface area contributed by atoms with Gasteiger partial charge in [-0.15, -0.1) is 0 Å². The molecule has 1 rings (SSSR count). The number of carbonyl (C=O) groups excluding carboxylic acids is 1. The van der Waals surface area contributed by atoms with E-state index < -0.39 is 0 Å². The number of nitrogens with one attached hydrogen (secondary N) is 1. The Labute approximate surface area is 102 Å². The normalized spacial score (nSPS) is 10.2. The van der Waals surface area contributed by atoms with Crippen molar-refractivity contribution in [3.05, 3.63) is 35.4 Å². The first-order chi connectivity index (χ1) is 8.27. The first-order valence-corrected chi connectivity index (χ1v) is 5.71. The molecule has 2 N–H and O–H groups in total. The predicted octanol–water partition coefficient (Wildman–Crippen LogP) is 1.22. The van der Waals surface area contributed by atoms with Gasteiger partial charge in [-0.2, -0.15) is 0 Å². The van der Waals surface area contributed by atoms with Gasteiger partial charge in [-0.3, -0.25) is 4.79 Å². The second kappa shape index (κ2) is 7.81.